The summed E-state index contributed by atoms with van der Waals surface area (Å²) in [4.78, 5) is 4.34. The van der Waals surface area contributed by atoms with E-state index in [2.05, 4.69) is 4.98 Å². The summed E-state index contributed by atoms with van der Waals surface area (Å²) in [7, 11) is 1.65. The van der Waals surface area contributed by atoms with Crippen molar-refractivity contribution in [3.8, 4) is 5.75 Å². The summed E-state index contributed by atoms with van der Waals surface area (Å²) in [6, 6.07) is 9.61. The van der Waals surface area contributed by atoms with Crippen molar-refractivity contribution in [1.29, 1.82) is 0 Å². The molecule has 1 aromatic carbocycles. The molecule has 3 aromatic rings. The van der Waals surface area contributed by atoms with Gasteiger partial charge in [-0.05, 0) is 24.3 Å². The molecule has 2 heterocycles. The van der Waals surface area contributed by atoms with E-state index in [-0.39, 0.29) is 0 Å². The highest BCUT2D eigenvalue weighted by Gasteiger charge is 2.06. The maximum Gasteiger partial charge on any atom is 0.153 e. The molecular weight excluding hydrogens is 224 g/mol. The predicted molar refractivity (Wildman–Crippen MR) is 64.3 cm³/mol. The lowest BCUT2D eigenvalue weighted by atomic mass is 10.3. The van der Waals surface area contributed by atoms with Crippen LogP contribution in [0.5, 0.6) is 5.75 Å². The first kappa shape index (κ1) is 9.48. The lowest BCUT2D eigenvalue weighted by molar-refractivity contribution is 0.415. The monoisotopic (exact) mass is 232 g/mol. The van der Waals surface area contributed by atoms with Gasteiger partial charge in [-0.1, -0.05) is 11.6 Å². The second-order valence-corrected chi connectivity index (χ2v) is 3.88. The molecule has 0 bridgehead atoms. The van der Waals surface area contributed by atoms with E-state index in [0.29, 0.717) is 5.15 Å². The predicted octanol–water partition coefficient (Wildman–Crippen LogP) is 3.15. The highest BCUT2D eigenvalue weighted by molar-refractivity contribution is 6.33. The Kier molecular flexibility index (Phi) is 2.01. The summed E-state index contributed by atoms with van der Waals surface area (Å²) in [5.74, 6) is 0.812. The number of rotatable bonds is 1. The van der Waals surface area contributed by atoms with Crippen LogP contribution >= 0.6 is 11.6 Å². The highest BCUT2D eigenvalue weighted by Crippen LogP contribution is 2.25. The van der Waals surface area contributed by atoms with Crippen LogP contribution in [0.4, 0.5) is 0 Å². The van der Waals surface area contributed by atoms with Gasteiger partial charge in [0.25, 0.3) is 0 Å². The molecule has 16 heavy (non-hydrogen) atoms. The lowest BCUT2D eigenvalue weighted by Gasteiger charge is -2.06. The van der Waals surface area contributed by atoms with E-state index in [9.17, 15) is 0 Å². The molecule has 0 radical (unpaired) electrons. The average Bonchev–Trinajstić information content (AvgIpc) is 2.78. The molecule has 0 unspecified atom stereocenters. The lowest BCUT2D eigenvalue weighted by Crippen LogP contribution is -1.92. The molecule has 4 heteroatoms. The SMILES string of the molecule is COc1ccc2nc(Cl)c3cccn3c2c1. The van der Waals surface area contributed by atoms with Crippen LogP contribution in [0.2, 0.25) is 5.15 Å². The Bertz CT molecular complexity index is 675. The summed E-state index contributed by atoms with van der Waals surface area (Å²) < 4.78 is 7.21. The van der Waals surface area contributed by atoms with Crippen LogP contribution in [0.1, 0.15) is 0 Å². The van der Waals surface area contributed by atoms with Gasteiger partial charge in [0.15, 0.2) is 5.15 Å². The van der Waals surface area contributed by atoms with Crippen LogP contribution in [0.15, 0.2) is 36.5 Å². The Balaban J connectivity index is 2.50. The van der Waals surface area contributed by atoms with Crippen molar-refractivity contribution in [2.75, 3.05) is 7.11 Å². The first-order valence-corrected chi connectivity index (χ1v) is 5.28. The molecule has 0 saturated carbocycles. The number of nitrogens with zero attached hydrogens (tertiary/aromatic N) is 2. The van der Waals surface area contributed by atoms with E-state index in [1.807, 2.05) is 40.9 Å². The smallest absolute Gasteiger partial charge is 0.153 e. The van der Waals surface area contributed by atoms with Gasteiger partial charge in [0.1, 0.15) is 5.75 Å². The van der Waals surface area contributed by atoms with E-state index < -0.39 is 0 Å². The molecule has 2 aromatic heterocycles. The molecule has 0 N–H and O–H groups in total. The van der Waals surface area contributed by atoms with Gasteiger partial charge in [0.2, 0.25) is 0 Å². The third-order valence-electron chi connectivity index (χ3n) is 2.62. The van der Waals surface area contributed by atoms with Gasteiger partial charge in [-0.2, -0.15) is 0 Å². The Morgan fingerprint density at radius 2 is 2.12 bits per heavy atom. The van der Waals surface area contributed by atoms with Gasteiger partial charge in [-0.3, -0.25) is 0 Å². The van der Waals surface area contributed by atoms with E-state index in [4.69, 9.17) is 16.3 Å². The number of hydrogen-bond acceptors (Lipinski definition) is 2. The zero-order chi connectivity index (χ0) is 11.1. The first-order chi connectivity index (χ1) is 7.79. The quantitative estimate of drug-likeness (QED) is 0.644. The molecule has 0 aliphatic carbocycles. The fraction of sp³-hybridized carbons (Fsp3) is 0.0833. The van der Waals surface area contributed by atoms with E-state index >= 15 is 0 Å². The van der Waals surface area contributed by atoms with Gasteiger partial charge in [0.05, 0.1) is 23.7 Å². The largest absolute Gasteiger partial charge is 0.497 e. The van der Waals surface area contributed by atoms with Crippen molar-refractivity contribution < 1.29 is 4.74 Å². The van der Waals surface area contributed by atoms with Gasteiger partial charge in [-0.15, -0.1) is 0 Å². The van der Waals surface area contributed by atoms with E-state index in [0.717, 1.165) is 22.3 Å². The zero-order valence-electron chi connectivity index (χ0n) is 8.64. The topological polar surface area (TPSA) is 26.5 Å². The number of hydrogen-bond donors (Lipinski definition) is 0. The standard InChI is InChI=1S/C12H9ClN2O/c1-16-8-4-5-9-11(7-8)15-6-2-3-10(15)12(13)14-9/h2-7H,1H3. The van der Waals surface area contributed by atoms with Crippen molar-refractivity contribution in [1.82, 2.24) is 9.38 Å². The van der Waals surface area contributed by atoms with Crippen molar-refractivity contribution in [2.45, 2.75) is 0 Å². The van der Waals surface area contributed by atoms with Crippen LogP contribution in [-0.2, 0) is 0 Å². The van der Waals surface area contributed by atoms with Crippen molar-refractivity contribution >= 4 is 28.2 Å². The summed E-state index contributed by atoms with van der Waals surface area (Å²) >= 11 is 6.09. The van der Waals surface area contributed by atoms with Crippen LogP contribution < -0.4 is 4.74 Å². The molecule has 80 valence electrons. The van der Waals surface area contributed by atoms with Crippen LogP contribution in [0.3, 0.4) is 0 Å². The van der Waals surface area contributed by atoms with Crippen LogP contribution in [-0.4, -0.2) is 16.5 Å². The normalized spacial score (nSPS) is 11.1. The molecular formula is C12H9ClN2O. The van der Waals surface area contributed by atoms with Crippen LogP contribution in [0.25, 0.3) is 16.6 Å². The Morgan fingerprint density at radius 3 is 2.94 bits per heavy atom. The van der Waals surface area contributed by atoms with Gasteiger partial charge < -0.3 is 9.14 Å². The maximum atomic E-state index is 6.09. The summed E-state index contributed by atoms with van der Waals surface area (Å²) in [5, 5.41) is 0.516. The highest BCUT2D eigenvalue weighted by atomic mass is 35.5. The van der Waals surface area contributed by atoms with Gasteiger partial charge in [-0.25, -0.2) is 4.98 Å². The minimum absolute atomic E-state index is 0.516. The zero-order valence-corrected chi connectivity index (χ0v) is 9.40. The molecule has 0 atom stereocenters. The number of fused-ring (bicyclic) bond motifs is 3. The Hall–Kier alpha value is -1.74. The maximum absolute atomic E-state index is 6.09. The first-order valence-electron chi connectivity index (χ1n) is 4.90. The summed E-state index contributed by atoms with van der Waals surface area (Å²) in [5.41, 5.74) is 2.75. The number of methoxy groups -OCH3 is 1. The fourth-order valence-corrected chi connectivity index (χ4v) is 2.08. The Morgan fingerprint density at radius 1 is 1.25 bits per heavy atom. The number of halogens is 1. The number of aromatic nitrogens is 2. The molecule has 0 amide bonds. The number of benzene rings is 1. The molecule has 3 rings (SSSR count). The van der Waals surface area contributed by atoms with Gasteiger partial charge >= 0.3 is 0 Å². The molecule has 0 aliphatic rings. The van der Waals surface area contributed by atoms with Crippen molar-refractivity contribution in [3.63, 3.8) is 0 Å². The van der Waals surface area contributed by atoms with Crippen molar-refractivity contribution in [3.05, 3.63) is 41.7 Å². The molecule has 0 saturated heterocycles. The van der Waals surface area contributed by atoms with Gasteiger partial charge in [0, 0.05) is 12.3 Å². The molecule has 0 aliphatic heterocycles. The summed E-state index contributed by atoms with van der Waals surface area (Å²) in [6.45, 7) is 0. The summed E-state index contributed by atoms with van der Waals surface area (Å²) in [6.07, 6.45) is 1.96. The van der Waals surface area contributed by atoms with Crippen molar-refractivity contribution in [2.24, 2.45) is 0 Å². The molecule has 0 fully saturated rings. The molecule has 3 nitrogen and oxygen atoms in total. The Labute approximate surface area is 97.2 Å². The minimum Gasteiger partial charge on any atom is -0.497 e. The fourth-order valence-electron chi connectivity index (χ4n) is 1.84. The van der Waals surface area contributed by atoms with E-state index in [1.54, 1.807) is 7.11 Å². The second-order valence-electron chi connectivity index (χ2n) is 3.52. The third-order valence-corrected chi connectivity index (χ3v) is 2.90. The minimum atomic E-state index is 0.516. The van der Waals surface area contributed by atoms with E-state index in [1.165, 1.54) is 0 Å². The number of ether oxygens (including phenoxy) is 1. The third kappa shape index (κ3) is 1.25. The average molecular weight is 233 g/mol. The second kappa shape index (κ2) is 3.39. The van der Waals surface area contributed by atoms with Crippen LogP contribution in [0, 0.1) is 0 Å². The molecule has 0 spiro atoms.